The maximum atomic E-state index is 12.0. The zero-order valence-electron chi connectivity index (χ0n) is 15.5. The Labute approximate surface area is 167 Å². The van der Waals surface area contributed by atoms with Gasteiger partial charge < -0.3 is 9.47 Å². The maximum absolute atomic E-state index is 12.0. The van der Waals surface area contributed by atoms with Gasteiger partial charge in [-0.25, -0.2) is 0 Å². The van der Waals surface area contributed by atoms with E-state index in [1.807, 2.05) is 31.2 Å². The quantitative estimate of drug-likeness (QED) is 0.655. The fourth-order valence-electron chi connectivity index (χ4n) is 2.17. The van der Waals surface area contributed by atoms with E-state index in [1.165, 1.54) is 0 Å². The van der Waals surface area contributed by atoms with Crippen molar-refractivity contribution in [2.45, 2.75) is 33.3 Å². The molecule has 0 fully saturated rings. The molecule has 0 heterocycles. The van der Waals surface area contributed by atoms with Crippen LogP contribution >= 0.6 is 15.9 Å². The summed E-state index contributed by atoms with van der Waals surface area (Å²) in [6.07, 6.45) is 0.151. The number of amides is 2. The van der Waals surface area contributed by atoms with Crippen molar-refractivity contribution in [2.75, 3.05) is 6.61 Å². The lowest BCUT2D eigenvalue weighted by Crippen LogP contribution is -2.48. The average Bonchev–Trinajstić information content (AvgIpc) is 2.66. The Morgan fingerprint density at radius 3 is 2.44 bits per heavy atom. The van der Waals surface area contributed by atoms with Crippen molar-refractivity contribution in [2.24, 2.45) is 0 Å². The van der Waals surface area contributed by atoms with Crippen LogP contribution in [0, 0.1) is 6.92 Å². The van der Waals surface area contributed by atoms with Crippen LogP contribution < -0.4 is 20.3 Å². The number of ether oxygens (including phenoxy) is 2. The van der Waals surface area contributed by atoms with Gasteiger partial charge >= 0.3 is 0 Å². The van der Waals surface area contributed by atoms with Crippen molar-refractivity contribution in [3.8, 4) is 11.5 Å². The topological polar surface area (TPSA) is 76.7 Å². The number of carbonyl (C=O) groups is 2. The number of nitrogens with one attached hydrogen (secondary N) is 2. The van der Waals surface area contributed by atoms with E-state index in [2.05, 4.69) is 33.7 Å². The third-order valence-electron chi connectivity index (χ3n) is 3.79. The molecule has 0 saturated heterocycles. The predicted molar refractivity (Wildman–Crippen MR) is 107 cm³/mol. The fraction of sp³-hybridized carbons (Fsp3) is 0.300. The zero-order valence-corrected chi connectivity index (χ0v) is 17.1. The number of hydrogen-bond donors (Lipinski definition) is 2. The second-order valence-corrected chi connectivity index (χ2v) is 6.87. The summed E-state index contributed by atoms with van der Waals surface area (Å²) in [5.74, 6) is 0.206. The number of hydrazine groups is 1. The summed E-state index contributed by atoms with van der Waals surface area (Å²) < 4.78 is 11.8. The van der Waals surface area contributed by atoms with Gasteiger partial charge in [-0.15, -0.1) is 0 Å². The van der Waals surface area contributed by atoms with Crippen molar-refractivity contribution in [1.82, 2.24) is 10.9 Å². The first-order valence-electron chi connectivity index (χ1n) is 8.62. The first-order chi connectivity index (χ1) is 12.9. The number of aryl methyl sites for hydroxylation is 2. The smallest absolute Gasteiger partial charge is 0.279 e. The maximum Gasteiger partial charge on any atom is 0.279 e. The lowest BCUT2D eigenvalue weighted by Gasteiger charge is -2.15. The molecule has 0 aliphatic carbocycles. The molecule has 1 atom stereocenters. The van der Waals surface area contributed by atoms with Gasteiger partial charge in [-0.05, 0) is 66.0 Å². The molecule has 0 radical (unpaired) electrons. The molecule has 0 bridgehead atoms. The Balaban J connectivity index is 1.75. The third kappa shape index (κ3) is 6.60. The number of benzene rings is 2. The van der Waals surface area contributed by atoms with Crippen LogP contribution in [0.3, 0.4) is 0 Å². The SMILES string of the molecule is CCc1ccc(OCC(=O)NNC(=O)C(C)Oc2ccc(C)cc2)c(Br)c1. The van der Waals surface area contributed by atoms with E-state index < -0.39 is 17.9 Å². The standard InChI is InChI=1S/C20H23BrN2O4/c1-4-15-7-10-18(17(21)11-15)26-12-19(24)22-23-20(25)14(3)27-16-8-5-13(2)6-9-16/h5-11,14H,4,12H2,1-3H3,(H,22,24)(H,23,25). The van der Waals surface area contributed by atoms with Crippen molar-refractivity contribution >= 4 is 27.7 Å². The number of carbonyl (C=O) groups excluding carboxylic acids is 2. The van der Waals surface area contributed by atoms with Crippen LogP contribution in [0.5, 0.6) is 11.5 Å². The molecule has 6 nitrogen and oxygen atoms in total. The Hall–Kier alpha value is -2.54. The van der Waals surface area contributed by atoms with Gasteiger partial charge in [0.2, 0.25) is 0 Å². The third-order valence-corrected chi connectivity index (χ3v) is 4.41. The molecule has 0 spiro atoms. The molecule has 7 heteroatoms. The van der Waals surface area contributed by atoms with E-state index in [1.54, 1.807) is 25.1 Å². The van der Waals surface area contributed by atoms with Crippen LogP contribution in [0.1, 0.15) is 25.0 Å². The van der Waals surface area contributed by atoms with Gasteiger partial charge in [-0.1, -0.05) is 30.7 Å². The zero-order chi connectivity index (χ0) is 19.8. The lowest BCUT2D eigenvalue weighted by atomic mass is 10.2. The van der Waals surface area contributed by atoms with Crippen molar-refractivity contribution in [1.29, 1.82) is 0 Å². The lowest BCUT2D eigenvalue weighted by molar-refractivity contribution is -0.133. The first-order valence-corrected chi connectivity index (χ1v) is 9.41. The largest absolute Gasteiger partial charge is 0.483 e. The highest BCUT2D eigenvalue weighted by molar-refractivity contribution is 9.10. The molecule has 0 aromatic heterocycles. The van der Waals surface area contributed by atoms with Gasteiger partial charge in [-0.3, -0.25) is 20.4 Å². The molecule has 0 saturated carbocycles. The van der Waals surface area contributed by atoms with E-state index in [-0.39, 0.29) is 6.61 Å². The highest BCUT2D eigenvalue weighted by Gasteiger charge is 2.15. The van der Waals surface area contributed by atoms with Gasteiger partial charge in [0.15, 0.2) is 12.7 Å². The van der Waals surface area contributed by atoms with Gasteiger partial charge in [0.25, 0.3) is 11.8 Å². The van der Waals surface area contributed by atoms with Crippen molar-refractivity contribution in [3.63, 3.8) is 0 Å². The predicted octanol–water partition coefficient (Wildman–Crippen LogP) is 3.31. The van der Waals surface area contributed by atoms with E-state index >= 15 is 0 Å². The van der Waals surface area contributed by atoms with Crippen LogP contribution in [0.25, 0.3) is 0 Å². The normalized spacial score (nSPS) is 11.4. The highest BCUT2D eigenvalue weighted by Crippen LogP contribution is 2.26. The Morgan fingerprint density at radius 2 is 1.81 bits per heavy atom. The summed E-state index contributed by atoms with van der Waals surface area (Å²) in [4.78, 5) is 23.9. The van der Waals surface area contributed by atoms with Crippen LogP contribution in [0.2, 0.25) is 0 Å². The molecule has 144 valence electrons. The molecule has 2 aromatic carbocycles. The molecule has 0 aliphatic rings. The molecular weight excluding hydrogens is 412 g/mol. The van der Waals surface area contributed by atoms with E-state index in [0.29, 0.717) is 11.5 Å². The minimum absolute atomic E-state index is 0.225. The summed E-state index contributed by atoms with van der Waals surface area (Å²) in [5.41, 5.74) is 6.90. The summed E-state index contributed by atoms with van der Waals surface area (Å²) in [6, 6.07) is 13.0. The van der Waals surface area contributed by atoms with Gasteiger partial charge in [0.1, 0.15) is 11.5 Å². The molecule has 2 aromatic rings. The van der Waals surface area contributed by atoms with Crippen LogP contribution in [0.15, 0.2) is 46.9 Å². The Morgan fingerprint density at radius 1 is 1.11 bits per heavy atom. The molecule has 2 N–H and O–H groups in total. The van der Waals surface area contributed by atoms with E-state index in [9.17, 15) is 9.59 Å². The monoisotopic (exact) mass is 434 g/mol. The molecule has 1 unspecified atom stereocenters. The molecule has 0 aliphatic heterocycles. The van der Waals surface area contributed by atoms with E-state index in [4.69, 9.17) is 9.47 Å². The highest BCUT2D eigenvalue weighted by atomic mass is 79.9. The second-order valence-electron chi connectivity index (χ2n) is 6.02. The van der Waals surface area contributed by atoms with Gasteiger partial charge in [-0.2, -0.15) is 0 Å². The van der Waals surface area contributed by atoms with Crippen molar-refractivity contribution in [3.05, 3.63) is 58.1 Å². The first kappa shape index (κ1) is 20.8. The van der Waals surface area contributed by atoms with Crippen LogP contribution in [-0.4, -0.2) is 24.5 Å². The second kappa shape index (κ2) is 9.97. The molecule has 27 heavy (non-hydrogen) atoms. The van der Waals surface area contributed by atoms with E-state index in [0.717, 1.165) is 22.0 Å². The molecule has 2 rings (SSSR count). The average molecular weight is 435 g/mol. The van der Waals surface area contributed by atoms with Crippen molar-refractivity contribution < 1.29 is 19.1 Å². The fourth-order valence-corrected chi connectivity index (χ4v) is 2.71. The minimum atomic E-state index is -0.760. The number of rotatable bonds is 7. The van der Waals surface area contributed by atoms with Gasteiger partial charge in [0.05, 0.1) is 4.47 Å². The number of halogens is 1. The summed E-state index contributed by atoms with van der Waals surface area (Å²) in [5, 5.41) is 0. The molecule has 2 amide bonds. The van der Waals surface area contributed by atoms with Gasteiger partial charge in [0, 0.05) is 0 Å². The summed E-state index contributed by atoms with van der Waals surface area (Å²) >= 11 is 3.41. The Bertz CT molecular complexity index is 793. The minimum Gasteiger partial charge on any atom is -0.483 e. The molecular formula is C20H23BrN2O4. The summed E-state index contributed by atoms with van der Waals surface area (Å²) in [6.45, 7) is 5.40. The summed E-state index contributed by atoms with van der Waals surface area (Å²) in [7, 11) is 0. The number of hydrogen-bond acceptors (Lipinski definition) is 4. The van der Waals surface area contributed by atoms with Crippen LogP contribution in [0.4, 0.5) is 0 Å². The Kier molecular flexibility index (Phi) is 7.67. The van der Waals surface area contributed by atoms with Crippen LogP contribution in [-0.2, 0) is 16.0 Å².